The van der Waals surface area contributed by atoms with Crippen LogP contribution < -0.4 is 15.8 Å². The van der Waals surface area contributed by atoms with Crippen LogP contribution in [-0.4, -0.2) is 12.0 Å². The summed E-state index contributed by atoms with van der Waals surface area (Å²) in [5.74, 6) is 0.335. The van der Waals surface area contributed by atoms with Gasteiger partial charge in [-0.1, -0.05) is 11.6 Å². The molecule has 0 fully saturated rings. The quantitative estimate of drug-likeness (QED) is 0.684. The monoisotopic (exact) mass is 240 g/mol. The van der Waals surface area contributed by atoms with Crippen molar-refractivity contribution in [2.24, 2.45) is 0 Å². The Morgan fingerprint density at radius 2 is 2.00 bits per heavy atom. The Morgan fingerprint density at radius 3 is 2.62 bits per heavy atom. The Morgan fingerprint density at radius 1 is 1.38 bits per heavy atom. The van der Waals surface area contributed by atoms with E-state index in [-0.39, 0.29) is 5.91 Å². The molecule has 0 saturated heterocycles. The van der Waals surface area contributed by atoms with Gasteiger partial charge in [-0.05, 0) is 31.9 Å². The molecule has 2 rings (SSSR count). The zero-order chi connectivity index (χ0) is 12.0. The number of ether oxygens (including phenoxy) is 1. The van der Waals surface area contributed by atoms with E-state index in [9.17, 15) is 4.79 Å². The largest absolute Gasteiger partial charge is 0.477 e. The van der Waals surface area contributed by atoms with Crippen molar-refractivity contribution in [3.8, 4) is 5.75 Å². The summed E-state index contributed by atoms with van der Waals surface area (Å²) < 4.78 is 5.50. The fourth-order valence-corrected chi connectivity index (χ4v) is 1.91. The first-order valence-electron chi connectivity index (χ1n) is 4.99. The number of anilines is 2. The van der Waals surface area contributed by atoms with Gasteiger partial charge in [0.1, 0.15) is 0 Å². The van der Waals surface area contributed by atoms with E-state index in [1.807, 2.05) is 13.8 Å². The van der Waals surface area contributed by atoms with Gasteiger partial charge >= 0.3 is 0 Å². The van der Waals surface area contributed by atoms with Gasteiger partial charge in [0.05, 0.1) is 16.4 Å². The smallest absolute Gasteiger partial charge is 0.265 e. The topological polar surface area (TPSA) is 64.3 Å². The van der Waals surface area contributed by atoms with Crippen molar-refractivity contribution in [3.63, 3.8) is 0 Å². The number of amides is 1. The van der Waals surface area contributed by atoms with E-state index in [4.69, 9.17) is 22.1 Å². The summed E-state index contributed by atoms with van der Waals surface area (Å²) in [5.41, 5.74) is 8.54. The number of rotatable bonds is 0. The lowest BCUT2D eigenvalue weighted by molar-refractivity contribution is -0.122. The van der Waals surface area contributed by atoms with Crippen LogP contribution in [0, 0.1) is 13.8 Å². The molecule has 0 saturated carbocycles. The minimum absolute atomic E-state index is 0.185. The number of carbonyl (C=O) groups is 1. The van der Waals surface area contributed by atoms with Gasteiger partial charge in [-0.2, -0.15) is 0 Å². The van der Waals surface area contributed by atoms with Crippen molar-refractivity contribution >= 4 is 28.9 Å². The molecule has 3 N–H and O–H groups in total. The van der Waals surface area contributed by atoms with Crippen LogP contribution in [0.1, 0.15) is 18.1 Å². The highest BCUT2D eigenvalue weighted by atomic mass is 35.5. The first-order chi connectivity index (χ1) is 7.43. The van der Waals surface area contributed by atoms with Gasteiger partial charge in [0.15, 0.2) is 11.9 Å². The van der Waals surface area contributed by atoms with E-state index < -0.39 is 6.10 Å². The third-order valence-electron chi connectivity index (χ3n) is 2.82. The fraction of sp³-hybridized carbons (Fsp3) is 0.364. The second kappa shape index (κ2) is 3.56. The summed E-state index contributed by atoms with van der Waals surface area (Å²) in [5, 5.41) is 3.32. The summed E-state index contributed by atoms with van der Waals surface area (Å²) in [7, 11) is 0. The molecule has 1 amide bonds. The van der Waals surface area contributed by atoms with Crippen LogP contribution in [0.2, 0.25) is 5.02 Å². The molecule has 0 aliphatic carbocycles. The average Bonchev–Trinajstić information content (AvgIpc) is 2.26. The SMILES string of the molecule is Cc1c(N)c2c(c(C)c1Cl)NC(=O)C(C)O2. The van der Waals surface area contributed by atoms with Crippen LogP contribution in [0.4, 0.5) is 11.4 Å². The maximum atomic E-state index is 11.5. The number of halogens is 1. The normalized spacial score (nSPS) is 18.8. The van der Waals surface area contributed by atoms with Gasteiger partial charge in [0, 0.05) is 0 Å². The predicted octanol–water partition coefficient (Wildman–Crippen LogP) is 2.26. The maximum Gasteiger partial charge on any atom is 0.265 e. The molecule has 1 aliphatic rings. The van der Waals surface area contributed by atoms with Crippen LogP contribution >= 0.6 is 11.6 Å². The number of carbonyl (C=O) groups excluding carboxylic acids is 1. The Balaban J connectivity index is 2.69. The third kappa shape index (κ3) is 1.41. The van der Waals surface area contributed by atoms with E-state index in [2.05, 4.69) is 5.32 Å². The lowest BCUT2D eigenvalue weighted by Crippen LogP contribution is -2.35. The molecule has 0 radical (unpaired) electrons. The number of hydrogen-bond acceptors (Lipinski definition) is 3. The van der Waals surface area contributed by atoms with Crippen LogP contribution in [0.15, 0.2) is 0 Å². The molecule has 1 unspecified atom stereocenters. The van der Waals surface area contributed by atoms with Gasteiger partial charge in [-0.15, -0.1) is 0 Å². The zero-order valence-electron chi connectivity index (χ0n) is 9.35. The second-order valence-corrected chi connectivity index (χ2v) is 4.31. The lowest BCUT2D eigenvalue weighted by Gasteiger charge is -2.27. The van der Waals surface area contributed by atoms with Crippen molar-refractivity contribution in [1.82, 2.24) is 0 Å². The highest BCUT2D eigenvalue weighted by molar-refractivity contribution is 6.33. The van der Waals surface area contributed by atoms with Gasteiger partial charge in [-0.25, -0.2) is 0 Å². The van der Waals surface area contributed by atoms with Crippen molar-refractivity contribution in [3.05, 3.63) is 16.1 Å². The van der Waals surface area contributed by atoms with E-state index in [1.165, 1.54) is 0 Å². The Labute approximate surface area is 98.7 Å². The summed E-state index contributed by atoms with van der Waals surface area (Å²) in [6, 6.07) is 0. The standard InChI is InChI=1S/C11H13ClN2O2/c1-4-7(12)5(2)9-10(8(4)13)16-6(3)11(15)14-9/h6H,13H2,1-3H3,(H,14,15). The molecule has 16 heavy (non-hydrogen) atoms. The number of nitrogen functional groups attached to an aromatic ring is 1. The number of hydrogen-bond donors (Lipinski definition) is 2. The highest BCUT2D eigenvalue weighted by Gasteiger charge is 2.28. The molecule has 4 nitrogen and oxygen atoms in total. The second-order valence-electron chi connectivity index (χ2n) is 3.93. The molecule has 1 aromatic carbocycles. The number of nitrogens with one attached hydrogen (secondary N) is 1. The Kier molecular flexibility index (Phi) is 2.46. The van der Waals surface area contributed by atoms with Crippen molar-refractivity contribution in [2.45, 2.75) is 26.9 Å². The van der Waals surface area contributed by atoms with E-state index >= 15 is 0 Å². The van der Waals surface area contributed by atoms with Crippen LogP contribution in [0.3, 0.4) is 0 Å². The highest BCUT2D eigenvalue weighted by Crippen LogP contribution is 2.44. The first-order valence-corrected chi connectivity index (χ1v) is 5.37. The summed E-state index contributed by atoms with van der Waals surface area (Å²) >= 11 is 6.12. The van der Waals surface area contributed by atoms with Gasteiger partial charge in [0.2, 0.25) is 0 Å². The number of fused-ring (bicyclic) bond motifs is 1. The van der Waals surface area contributed by atoms with E-state index in [0.717, 1.165) is 11.1 Å². The third-order valence-corrected chi connectivity index (χ3v) is 3.39. The van der Waals surface area contributed by atoms with Crippen LogP contribution in [0.5, 0.6) is 5.75 Å². The summed E-state index contributed by atoms with van der Waals surface area (Å²) in [6.07, 6.45) is -0.533. The number of nitrogens with two attached hydrogens (primary N) is 1. The van der Waals surface area contributed by atoms with E-state index in [0.29, 0.717) is 22.1 Å². The summed E-state index contributed by atoms with van der Waals surface area (Å²) in [6.45, 7) is 5.33. The van der Waals surface area contributed by atoms with Crippen molar-refractivity contribution < 1.29 is 9.53 Å². The molecule has 5 heteroatoms. The molecule has 0 aromatic heterocycles. The molecule has 86 valence electrons. The first kappa shape index (κ1) is 11.1. The average molecular weight is 241 g/mol. The maximum absolute atomic E-state index is 11.5. The van der Waals surface area contributed by atoms with E-state index in [1.54, 1.807) is 6.92 Å². The van der Waals surface area contributed by atoms with Crippen LogP contribution in [0.25, 0.3) is 0 Å². The molecule has 1 heterocycles. The minimum atomic E-state index is -0.533. The number of benzene rings is 1. The molecule has 1 atom stereocenters. The fourth-order valence-electron chi connectivity index (χ4n) is 1.71. The molecular weight excluding hydrogens is 228 g/mol. The Hall–Kier alpha value is -1.42. The molecular formula is C11H13ClN2O2. The molecule has 0 spiro atoms. The van der Waals surface area contributed by atoms with Gasteiger partial charge in [0.25, 0.3) is 5.91 Å². The minimum Gasteiger partial charge on any atom is -0.477 e. The lowest BCUT2D eigenvalue weighted by atomic mass is 10.0. The zero-order valence-corrected chi connectivity index (χ0v) is 10.1. The van der Waals surface area contributed by atoms with Gasteiger partial charge < -0.3 is 15.8 Å². The van der Waals surface area contributed by atoms with Crippen LogP contribution in [-0.2, 0) is 4.79 Å². The van der Waals surface area contributed by atoms with Crippen molar-refractivity contribution in [1.29, 1.82) is 0 Å². The Bertz CT molecular complexity index is 486. The van der Waals surface area contributed by atoms with Crippen molar-refractivity contribution in [2.75, 3.05) is 11.1 Å². The molecule has 0 bridgehead atoms. The predicted molar refractivity (Wildman–Crippen MR) is 64.1 cm³/mol. The molecule has 1 aliphatic heterocycles. The molecule has 1 aromatic rings. The van der Waals surface area contributed by atoms with Gasteiger partial charge in [-0.3, -0.25) is 4.79 Å². The summed E-state index contributed by atoms with van der Waals surface area (Å²) in [4.78, 5) is 11.5.